The molecular formula is C13H19ClN2O. The maximum Gasteiger partial charge on any atom is 0.236 e. The summed E-state index contributed by atoms with van der Waals surface area (Å²) in [6.45, 7) is 4.69. The second kappa shape index (κ2) is 6.62. The highest BCUT2D eigenvalue weighted by Crippen LogP contribution is 2.15. The van der Waals surface area contributed by atoms with Crippen molar-refractivity contribution in [2.75, 3.05) is 6.54 Å². The van der Waals surface area contributed by atoms with E-state index in [2.05, 4.69) is 6.92 Å². The number of nitrogens with two attached hydrogens (primary N) is 1. The predicted octanol–water partition coefficient (Wildman–Crippen LogP) is 2.43. The van der Waals surface area contributed by atoms with Gasteiger partial charge in [-0.3, -0.25) is 4.79 Å². The van der Waals surface area contributed by atoms with E-state index in [0.717, 1.165) is 12.0 Å². The Balaban J connectivity index is 2.82. The molecule has 4 heteroatoms. The lowest BCUT2D eigenvalue weighted by molar-refractivity contribution is -0.132. The van der Waals surface area contributed by atoms with Crippen LogP contribution >= 0.6 is 11.6 Å². The highest BCUT2D eigenvalue weighted by atomic mass is 35.5. The van der Waals surface area contributed by atoms with Gasteiger partial charge >= 0.3 is 0 Å². The smallest absolute Gasteiger partial charge is 0.236 e. The number of amides is 1. The number of hydrogen-bond donors (Lipinski definition) is 1. The molecule has 1 aromatic rings. The van der Waals surface area contributed by atoms with Gasteiger partial charge in [0.15, 0.2) is 0 Å². The van der Waals surface area contributed by atoms with Crippen LogP contribution < -0.4 is 5.73 Å². The van der Waals surface area contributed by atoms with E-state index in [1.54, 1.807) is 4.90 Å². The minimum absolute atomic E-state index is 0.0284. The molecule has 0 aliphatic heterocycles. The van der Waals surface area contributed by atoms with Crippen LogP contribution in [-0.4, -0.2) is 23.4 Å². The molecule has 1 atom stereocenters. The molecule has 3 nitrogen and oxygen atoms in total. The van der Waals surface area contributed by atoms with Gasteiger partial charge in [0.25, 0.3) is 0 Å². The van der Waals surface area contributed by atoms with Crippen LogP contribution in [0.25, 0.3) is 0 Å². The Kier molecular flexibility index (Phi) is 5.45. The summed E-state index contributed by atoms with van der Waals surface area (Å²) in [5, 5.41) is 0.687. The van der Waals surface area contributed by atoms with Gasteiger partial charge < -0.3 is 10.6 Å². The summed E-state index contributed by atoms with van der Waals surface area (Å²) in [4.78, 5) is 13.6. The lowest BCUT2D eigenvalue weighted by Crippen LogP contribution is -2.41. The number of halogens is 1. The van der Waals surface area contributed by atoms with Gasteiger partial charge in [0.2, 0.25) is 5.91 Å². The van der Waals surface area contributed by atoms with Gasteiger partial charge in [0.1, 0.15) is 0 Å². The first-order chi connectivity index (χ1) is 8.08. The summed E-state index contributed by atoms with van der Waals surface area (Å²) < 4.78 is 0. The molecule has 0 bridgehead atoms. The van der Waals surface area contributed by atoms with Crippen molar-refractivity contribution in [2.24, 2.45) is 5.73 Å². The molecule has 0 heterocycles. The van der Waals surface area contributed by atoms with Crippen molar-refractivity contribution in [1.82, 2.24) is 4.90 Å². The largest absolute Gasteiger partial charge is 0.335 e. The fourth-order valence-electron chi connectivity index (χ4n) is 1.66. The average Bonchev–Trinajstić information content (AvgIpc) is 2.34. The minimum atomic E-state index is -0.0284. The normalized spacial score (nSPS) is 12.2. The molecule has 94 valence electrons. The quantitative estimate of drug-likeness (QED) is 0.877. The first-order valence-corrected chi connectivity index (χ1v) is 6.20. The number of nitrogens with zero attached hydrogens (tertiary/aromatic N) is 1. The van der Waals surface area contributed by atoms with Crippen molar-refractivity contribution in [3.63, 3.8) is 0 Å². The molecule has 0 saturated heterocycles. The molecule has 0 aliphatic rings. The fraction of sp³-hybridized carbons (Fsp3) is 0.462. The Labute approximate surface area is 108 Å². The zero-order valence-corrected chi connectivity index (χ0v) is 11.1. The van der Waals surface area contributed by atoms with Crippen molar-refractivity contribution in [1.29, 1.82) is 0 Å². The highest BCUT2D eigenvalue weighted by Gasteiger charge is 2.17. The van der Waals surface area contributed by atoms with E-state index in [1.165, 1.54) is 0 Å². The van der Waals surface area contributed by atoms with Crippen LogP contribution in [0.2, 0.25) is 5.02 Å². The average molecular weight is 255 g/mol. The Morgan fingerprint density at radius 1 is 1.53 bits per heavy atom. The van der Waals surface area contributed by atoms with Crippen molar-refractivity contribution in [2.45, 2.75) is 32.9 Å². The number of carbonyl (C=O) groups excluding carboxylic acids is 1. The standard InChI is InChI=1S/C13H19ClN2O/c1-3-10(2)16(13(17)8-15)9-11-5-4-6-12(14)7-11/h4-7,10H,3,8-9,15H2,1-2H3. The first-order valence-electron chi connectivity index (χ1n) is 5.82. The Bertz CT molecular complexity index is 381. The van der Waals surface area contributed by atoms with Crippen molar-refractivity contribution in [3.05, 3.63) is 34.9 Å². The summed E-state index contributed by atoms with van der Waals surface area (Å²) in [5.41, 5.74) is 6.46. The van der Waals surface area contributed by atoms with E-state index in [1.807, 2.05) is 31.2 Å². The summed E-state index contributed by atoms with van der Waals surface area (Å²) in [6.07, 6.45) is 0.909. The van der Waals surface area contributed by atoms with Crippen LogP contribution in [0.15, 0.2) is 24.3 Å². The topological polar surface area (TPSA) is 46.3 Å². The van der Waals surface area contributed by atoms with Crippen LogP contribution in [-0.2, 0) is 11.3 Å². The molecule has 2 N–H and O–H groups in total. The van der Waals surface area contributed by atoms with Gasteiger partial charge in [0.05, 0.1) is 6.54 Å². The summed E-state index contributed by atoms with van der Waals surface area (Å²) in [5.74, 6) is -0.0284. The maximum absolute atomic E-state index is 11.8. The van der Waals surface area contributed by atoms with Crippen molar-refractivity contribution in [3.8, 4) is 0 Å². The molecule has 1 aromatic carbocycles. The molecule has 0 fully saturated rings. The molecular weight excluding hydrogens is 236 g/mol. The van der Waals surface area contributed by atoms with Crippen molar-refractivity contribution < 1.29 is 4.79 Å². The summed E-state index contributed by atoms with van der Waals surface area (Å²) in [7, 11) is 0. The van der Waals surface area contributed by atoms with Gasteiger partial charge in [-0.15, -0.1) is 0 Å². The van der Waals surface area contributed by atoms with Crippen LogP contribution in [0.5, 0.6) is 0 Å². The van der Waals surface area contributed by atoms with Crippen LogP contribution in [0.4, 0.5) is 0 Å². The molecule has 1 unspecified atom stereocenters. The van der Waals surface area contributed by atoms with E-state index in [-0.39, 0.29) is 18.5 Å². The lowest BCUT2D eigenvalue weighted by atomic mass is 10.1. The molecule has 0 aromatic heterocycles. The predicted molar refractivity (Wildman–Crippen MR) is 70.8 cm³/mol. The third kappa shape index (κ3) is 4.02. The van der Waals surface area contributed by atoms with Crippen LogP contribution in [0.3, 0.4) is 0 Å². The van der Waals surface area contributed by atoms with Gasteiger partial charge in [-0.2, -0.15) is 0 Å². The van der Waals surface area contributed by atoms with E-state index >= 15 is 0 Å². The molecule has 0 saturated carbocycles. The molecule has 0 radical (unpaired) electrons. The third-order valence-electron chi connectivity index (χ3n) is 2.86. The van der Waals surface area contributed by atoms with E-state index in [0.29, 0.717) is 11.6 Å². The van der Waals surface area contributed by atoms with Gasteiger partial charge in [-0.1, -0.05) is 30.7 Å². The van der Waals surface area contributed by atoms with Gasteiger partial charge in [-0.25, -0.2) is 0 Å². The fourth-order valence-corrected chi connectivity index (χ4v) is 1.87. The molecule has 1 rings (SSSR count). The molecule has 0 aliphatic carbocycles. The van der Waals surface area contributed by atoms with Gasteiger partial charge in [-0.05, 0) is 31.0 Å². The third-order valence-corrected chi connectivity index (χ3v) is 3.09. The zero-order valence-electron chi connectivity index (χ0n) is 10.3. The first kappa shape index (κ1) is 14.0. The Hall–Kier alpha value is -1.06. The SMILES string of the molecule is CCC(C)N(Cc1cccc(Cl)c1)C(=O)CN. The number of benzene rings is 1. The van der Waals surface area contributed by atoms with Crippen molar-refractivity contribution >= 4 is 17.5 Å². The number of hydrogen-bond acceptors (Lipinski definition) is 2. The van der Waals surface area contributed by atoms with Crippen LogP contribution in [0.1, 0.15) is 25.8 Å². The highest BCUT2D eigenvalue weighted by molar-refractivity contribution is 6.30. The summed E-state index contributed by atoms with van der Waals surface area (Å²) >= 11 is 5.93. The van der Waals surface area contributed by atoms with Crippen LogP contribution in [0, 0.1) is 0 Å². The maximum atomic E-state index is 11.8. The van der Waals surface area contributed by atoms with E-state index < -0.39 is 0 Å². The van der Waals surface area contributed by atoms with Gasteiger partial charge in [0, 0.05) is 17.6 Å². The lowest BCUT2D eigenvalue weighted by Gasteiger charge is -2.28. The van der Waals surface area contributed by atoms with E-state index in [9.17, 15) is 4.79 Å². The minimum Gasteiger partial charge on any atom is -0.335 e. The molecule has 17 heavy (non-hydrogen) atoms. The Morgan fingerprint density at radius 3 is 2.76 bits per heavy atom. The van der Waals surface area contributed by atoms with E-state index in [4.69, 9.17) is 17.3 Å². The second-order valence-electron chi connectivity index (χ2n) is 4.11. The molecule has 1 amide bonds. The monoisotopic (exact) mass is 254 g/mol. The Morgan fingerprint density at radius 2 is 2.24 bits per heavy atom. The number of carbonyl (C=O) groups is 1. The second-order valence-corrected chi connectivity index (χ2v) is 4.55. The number of rotatable bonds is 5. The molecule has 0 spiro atoms. The zero-order chi connectivity index (χ0) is 12.8. The summed E-state index contributed by atoms with van der Waals surface area (Å²) in [6, 6.07) is 7.74.